The van der Waals surface area contributed by atoms with Crippen molar-refractivity contribution < 1.29 is 4.74 Å². The fourth-order valence-corrected chi connectivity index (χ4v) is 3.34. The number of hydrogen-bond donors (Lipinski definition) is 1. The van der Waals surface area contributed by atoms with Gasteiger partial charge in [0.05, 0.1) is 6.61 Å². The number of likely N-dealkylation sites (tertiary alicyclic amines) is 1. The maximum absolute atomic E-state index is 5.61. The monoisotopic (exact) mass is 265 g/mol. The Morgan fingerprint density at radius 3 is 2.79 bits per heavy atom. The second-order valence-electron chi connectivity index (χ2n) is 7.16. The van der Waals surface area contributed by atoms with Crippen molar-refractivity contribution in [2.45, 2.75) is 46.1 Å². The van der Waals surface area contributed by atoms with Gasteiger partial charge < -0.3 is 15.0 Å². The van der Waals surface area contributed by atoms with Gasteiger partial charge in [-0.15, -0.1) is 0 Å². The van der Waals surface area contributed by atoms with E-state index in [1.807, 2.05) is 0 Å². The molecule has 2 unspecified atom stereocenters. The van der Waals surface area contributed by atoms with Crippen molar-refractivity contribution in [3.63, 3.8) is 0 Å². The zero-order valence-corrected chi connectivity index (χ0v) is 12.5. The first-order valence-electron chi connectivity index (χ1n) is 7.68. The van der Waals surface area contributed by atoms with Crippen molar-refractivity contribution in [2.24, 2.45) is 15.8 Å². The molecule has 3 fully saturated rings. The van der Waals surface area contributed by atoms with Gasteiger partial charge in [0.2, 0.25) is 0 Å². The summed E-state index contributed by atoms with van der Waals surface area (Å²) in [5, 5.41) is 3.67. The summed E-state index contributed by atoms with van der Waals surface area (Å²) in [7, 11) is 0. The average Bonchev–Trinajstić information content (AvgIpc) is 2.80. The molecular formula is C15H27N3O. The first-order valence-corrected chi connectivity index (χ1v) is 7.68. The van der Waals surface area contributed by atoms with E-state index in [4.69, 9.17) is 9.73 Å². The summed E-state index contributed by atoms with van der Waals surface area (Å²) >= 11 is 0. The largest absolute Gasteiger partial charge is 0.381 e. The zero-order valence-electron chi connectivity index (χ0n) is 12.5. The van der Waals surface area contributed by atoms with Crippen molar-refractivity contribution in [1.82, 2.24) is 10.2 Å². The molecule has 1 aliphatic carbocycles. The molecule has 0 aromatic carbocycles. The normalized spacial score (nSPS) is 37.1. The third-order valence-corrected chi connectivity index (χ3v) is 5.05. The second kappa shape index (κ2) is 4.65. The fraction of sp³-hybridized carbons (Fsp3) is 0.933. The first-order chi connectivity index (χ1) is 9.05. The maximum Gasteiger partial charge on any atom is 0.194 e. The number of ether oxygens (including phenoxy) is 1. The minimum absolute atomic E-state index is 0.412. The van der Waals surface area contributed by atoms with Gasteiger partial charge >= 0.3 is 0 Å². The summed E-state index contributed by atoms with van der Waals surface area (Å²) in [6.07, 6.45) is 3.74. The molecule has 2 saturated heterocycles. The summed E-state index contributed by atoms with van der Waals surface area (Å²) < 4.78 is 5.61. The van der Waals surface area contributed by atoms with E-state index >= 15 is 0 Å². The van der Waals surface area contributed by atoms with E-state index < -0.39 is 0 Å². The standard InChI is InChI=1S/C15H27N3O/c1-4-16-13(17-12-9-14(12,2)3)18-7-5-15(10-18)6-8-19-11-15/h12H,4-11H2,1-3H3,(H,16,17). The molecule has 1 spiro atoms. The number of hydrogen-bond acceptors (Lipinski definition) is 2. The molecule has 3 rings (SSSR count). The molecule has 1 N–H and O–H groups in total. The predicted molar refractivity (Wildman–Crippen MR) is 77.4 cm³/mol. The molecule has 0 amide bonds. The lowest BCUT2D eigenvalue weighted by Gasteiger charge is -2.25. The van der Waals surface area contributed by atoms with Crippen molar-refractivity contribution in [3.8, 4) is 0 Å². The van der Waals surface area contributed by atoms with Crippen LogP contribution in [0.25, 0.3) is 0 Å². The van der Waals surface area contributed by atoms with E-state index in [1.165, 1.54) is 19.3 Å². The third kappa shape index (κ3) is 2.60. The van der Waals surface area contributed by atoms with Gasteiger partial charge in [-0.25, -0.2) is 0 Å². The Labute approximate surface area is 116 Å². The molecule has 2 aliphatic heterocycles. The van der Waals surface area contributed by atoms with Gasteiger partial charge in [-0.2, -0.15) is 0 Å². The van der Waals surface area contributed by atoms with Gasteiger partial charge in [0.25, 0.3) is 0 Å². The van der Waals surface area contributed by atoms with Crippen LogP contribution in [0.1, 0.15) is 40.0 Å². The zero-order chi connectivity index (χ0) is 13.5. The highest BCUT2D eigenvalue weighted by atomic mass is 16.5. The second-order valence-corrected chi connectivity index (χ2v) is 7.16. The van der Waals surface area contributed by atoms with Gasteiger partial charge in [-0.1, -0.05) is 13.8 Å². The molecule has 1 saturated carbocycles. The Bertz CT molecular complexity index is 372. The van der Waals surface area contributed by atoms with E-state index in [9.17, 15) is 0 Å². The molecule has 0 radical (unpaired) electrons. The van der Waals surface area contributed by atoms with Crippen LogP contribution in [0, 0.1) is 10.8 Å². The summed E-state index contributed by atoms with van der Waals surface area (Å²) in [5.74, 6) is 1.13. The molecule has 19 heavy (non-hydrogen) atoms. The van der Waals surface area contributed by atoms with E-state index in [2.05, 4.69) is 31.0 Å². The maximum atomic E-state index is 5.61. The molecule has 0 aromatic rings. The summed E-state index contributed by atoms with van der Waals surface area (Å²) in [6.45, 7) is 11.7. The Hall–Kier alpha value is -0.770. The Morgan fingerprint density at radius 2 is 2.21 bits per heavy atom. The van der Waals surface area contributed by atoms with Crippen LogP contribution >= 0.6 is 0 Å². The summed E-state index contributed by atoms with van der Waals surface area (Å²) in [4.78, 5) is 7.15. The molecule has 2 heterocycles. The number of nitrogens with zero attached hydrogens (tertiary/aromatic N) is 2. The van der Waals surface area contributed by atoms with E-state index in [0.717, 1.165) is 38.8 Å². The van der Waals surface area contributed by atoms with Crippen molar-refractivity contribution >= 4 is 5.96 Å². The lowest BCUT2D eigenvalue weighted by Crippen LogP contribution is -2.43. The number of guanidine groups is 1. The SMILES string of the molecule is CCN=C(NC1CC1(C)C)N1CCC2(CCOC2)C1. The average molecular weight is 265 g/mol. The van der Waals surface area contributed by atoms with Gasteiger partial charge in [0.1, 0.15) is 0 Å². The van der Waals surface area contributed by atoms with Crippen LogP contribution in [0.5, 0.6) is 0 Å². The highest BCUT2D eigenvalue weighted by Gasteiger charge is 2.48. The number of rotatable bonds is 2. The van der Waals surface area contributed by atoms with E-state index in [1.54, 1.807) is 0 Å². The van der Waals surface area contributed by atoms with Crippen LogP contribution in [0.15, 0.2) is 4.99 Å². The first kappa shape index (κ1) is 13.2. The number of nitrogens with one attached hydrogen (secondary N) is 1. The van der Waals surface area contributed by atoms with Gasteiger partial charge in [0.15, 0.2) is 5.96 Å². The molecule has 0 bridgehead atoms. The minimum Gasteiger partial charge on any atom is -0.381 e. The van der Waals surface area contributed by atoms with Gasteiger partial charge in [0, 0.05) is 37.7 Å². The van der Waals surface area contributed by atoms with Crippen LogP contribution in [-0.2, 0) is 4.74 Å². The predicted octanol–water partition coefficient (Wildman–Crippen LogP) is 1.86. The Kier molecular flexibility index (Phi) is 3.24. The Balaban J connectivity index is 1.63. The molecular weight excluding hydrogens is 238 g/mol. The Morgan fingerprint density at radius 1 is 1.42 bits per heavy atom. The molecule has 4 nitrogen and oxygen atoms in total. The van der Waals surface area contributed by atoms with E-state index in [0.29, 0.717) is 16.9 Å². The molecule has 4 heteroatoms. The lowest BCUT2D eigenvalue weighted by molar-refractivity contribution is 0.156. The number of aliphatic imine (C=N–C) groups is 1. The fourth-order valence-electron chi connectivity index (χ4n) is 3.34. The highest BCUT2D eigenvalue weighted by molar-refractivity contribution is 5.81. The van der Waals surface area contributed by atoms with Crippen LogP contribution in [0.4, 0.5) is 0 Å². The third-order valence-electron chi connectivity index (χ3n) is 5.05. The lowest BCUT2D eigenvalue weighted by atomic mass is 9.87. The molecule has 3 aliphatic rings. The van der Waals surface area contributed by atoms with Crippen molar-refractivity contribution in [3.05, 3.63) is 0 Å². The smallest absolute Gasteiger partial charge is 0.194 e. The topological polar surface area (TPSA) is 36.9 Å². The van der Waals surface area contributed by atoms with Gasteiger partial charge in [-0.05, 0) is 31.6 Å². The van der Waals surface area contributed by atoms with Crippen LogP contribution < -0.4 is 5.32 Å². The van der Waals surface area contributed by atoms with E-state index in [-0.39, 0.29) is 0 Å². The quantitative estimate of drug-likeness (QED) is 0.611. The van der Waals surface area contributed by atoms with Crippen molar-refractivity contribution in [1.29, 1.82) is 0 Å². The van der Waals surface area contributed by atoms with Crippen LogP contribution in [0.2, 0.25) is 0 Å². The highest BCUT2D eigenvalue weighted by Crippen LogP contribution is 2.45. The molecule has 0 aromatic heterocycles. The summed E-state index contributed by atoms with van der Waals surface area (Å²) in [5.41, 5.74) is 0.859. The van der Waals surface area contributed by atoms with Gasteiger partial charge in [-0.3, -0.25) is 4.99 Å². The molecule has 108 valence electrons. The summed E-state index contributed by atoms with van der Waals surface area (Å²) in [6, 6.07) is 0.606. The van der Waals surface area contributed by atoms with Crippen LogP contribution in [-0.4, -0.2) is 49.7 Å². The van der Waals surface area contributed by atoms with Crippen molar-refractivity contribution in [2.75, 3.05) is 32.8 Å². The molecule has 2 atom stereocenters. The van der Waals surface area contributed by atoms with Crippen LogP contribution in [0.3, 0.4) is 0 Å². The minimum atomic E-state index is 0.412.